The Kier molecular flexibility index (Phi) is 4.26. The van der Waals surface area contributed by atoms with E-state index in [0.717, 1.165) is 18.0 Å². The summed E-state index contributed by atoms with van der Waals surface area (Å²) in [5.74, 6) is 0.868. The second-order valence-corrected chi connectivity index (χ2v) is 3.13. The van der Waals surface area contributed by atoms with Crippen LogP contribution in [0.5, 0.6) is 0 Å². The minimum Gasteiger partial charge on any atom is -0.485 e. The summed E-state index contributed by atoms with van der Waals surface area (Å²) in [6, 6.07) is 0. The van der Waals surface area contributed by atoms with E-state index in [-0.39, 0.29) is 6.10 Å². The van der Waals surface area contributed by atoms with E-state index in [4.69, 9.17) is 10.5 Å². The van der Waals surface area contributed by atoms with Crippen LogP contribution in [0, 0.1) is 0 Å². The minimum absolute atomic E-state index is 0.0789. The van der Waals surface area contributed by atoms with Gasteiger partial charge in [0.1, 0.15) is 11.9 Å². The Bertz CT molecular complexity index is 266. The summed E-state index contributed by atoms with van der Waals surface area (Å²) >= 11 is 0. The van der Waals surface area contributed by atoms with Gasteiger partial charge in [0.05, 0.1) is 12.2 Å². The van der Waals surface area contributed by atoms with Crippen LogP contribution in [-0.2, 0) is 4.74 Å². The van der Waals surface area contributed by atoms with E-state index in [1.54, 1.807) is 0 Å². The highest BCUT2D eigenvalue weighted by Gasteiger charge is 2.16. The molecule has 0 aliphatic carbocycles. The molecule has 3 heteroatoms. The standard InChI is InChI=1S/C11H18N2O/c1-3-5-10-11(6-4-2)14-9(7-12)8-13-10/h3-6,9,13H,7-8,12H2,1-2H3/b5-3-,6-4-. The fourth-order valence-corrected chi connectivity index (χ4v) is 1.32. The molecule has 1 aliphatic rings. The van der Waals surface area contributed by atoms with E-state index in [1.807, 2.05) is 38.2 Å². The van der Waals surface area contributed by atoms with Crippen molar-refractivity contribution in [2.24, 2.45) is 5.73 Å². The van der Waals surface area contributed by atoms with Gasteiger partial charge in [-0.05, 0) is 26.0 Å². The van der Waals surface area contributed by atoms with Crippen LogP contribution in [-0.4, -0.2) is 19.2 Å². The summed E-state index contributed by atoms with van der Waals surface area (Å²) in [4.78, 5) is 0. The van der Waals surface area contributed by atoms with Crippen LogP contribution in [0.4, 0.5) is 0 Å². The fourth-order valence-electron chi connectivity index (χ4n) is 1.32. The molecular formula is C11H18N2O. The second kappa shape index (κ2) is 5.50. The molecule has 14 heavy (non-hydrogen) atoms. The van der Waals surface area contributed by atoms with E-state index in [2.05, 4.69) is 5.32 Å². The quantitative estimate of drug-likeness (QED) is 0.712. The number of nitrogens with two attached hydrogens (primary N) is 1. The lowest BCUT2D eigenvalue weighted by atomic mass is 10.2. The smallest absolute Gasteiger partial charge is 0.142 e. The van der Waals surface area contributed by atoms with Crippen LogP contribution in [0.1, 0.15) is 13.8 Å². The summed E-state index contributed by atoms with van der Waals surface area (Å²) in [5.41, 5.74) is 6.57. The molecule has 0 saturated carbocycles. The number of rotatable bonds is 3. The molecule has 0 aromatic rings. The fraction of sp³-hybridized carbons (Fsp3) is 0.455. The number of ether oxygens (including phenoxy) is 1. The molecule has 1 unspecified atom stereocenters. The molecule has 1 rings (SSSR count). The first-order chi connectivity index (χ1) is 6.81. The van der Waals surface area contributed by atoms with Gasteiger partial charge in [-0.2, -0.15) is 0 Å². The van der Waals surface area contributed by atoms with Crippen molar-refractivity contribution < 1.29 is 4.74 Å². The summed E-state index contributed by atoms with van der Waals surface area (Å²) in [7, 11) is 0. The molecule has 0 bridgehead atoms. The molecule has 3 nitrogen and oxygen atoms in total. The van der Waals surface area contributed by atoms with Crippen LogP contribution < -0.4 is 11.1 Å². The lowest BCUT2D eigenvalue weighted by molar-refractivity contribution is 0.115. The van der Waals surface area contributed by atoms with Crippen LogP contribution in [0.15, 0.2) is 35.8 Å². The zero-order valence-corrected chi connectivity index (χ0v) is 8.79. The average Bonchev–Trinajstić information content (AvgIpc) is 2.21. The Balaban J connectivity index is 2.83. The highest BCUT2D eigenvalue weighted by atomic mass is 16.5. The van der Waals surface area contributed by atoms with Gasteiger partial charge in [0.15, 0.2) is 0 Å². The van der Waals surface area contributed by atoms with Crippen LogP contribution in [0.25, 0.3) is 0 Å². The van der Waals surface area contributed by atoms with Crippen LogP contribution in [0.3, 0.4) is 0 Å². The van der Waals surface area contributed by atoms with E-state index in [1.165, 1.54) is 0 Å². The lowest BCUT2D eigenvalue weighted by Gasteiger charge is -2.26. The van der Waals surface area contributed by atoms with Gasteiger partial charge in [0.2, 0.25) is 0 Å². The molecule has 0 aromatic carbocycles. The van der Waals surface area contributed by atoms with Gasteiger partial charge in [0, 0.05) is 6.54 Å². The summed E-state index contributed by atoms with van der Waals surface area (Å²) < 4.78 is 5.70. The first kappa shape index (κ1) is 10.9. The Hall–Kier alpha value is -1.22. The normalized spacial score (nSPS) is 22.9. The Labute approximate surface area is 85.3 Å². The van der Waals surface area contributed by atoms with Crippen molar-refractivity contribution in [3.63, 3.8) is 0 Å². The lowest BCUT2D eigenvalue weighted by Crippen LogP contribution is -2.38. The van der Waals surface area contributed by atoms with Crippen molar-refractivity contribution in [3.8, 4) is 0 Å². The Morgan fingerprint density at radius 2 is 2.14 bits per heavy atom. The first-order valence-corrected chi connectivity index (χ1v) is 4.92. The molecule has 1 atom stereocenters. The molecule has 0 amide bonds. The molecule has 0 saturated heterocycles. The third kappa shape index (κ3) is 2.64. The van der Waals surface area contributed by atoms with Crippen molar-refractivity contribution >= 4 is 0 Å². The third-order valence-corrected chi connectivity index (χ3v) is 1.99. The summed E-state index contributed by atoms with van der Waals surface area (Å²) in [6.45, 7) is 5.26. The molecule has 1 aliphatic heterocycles. The average molecular weight is 194 g/mol. The number of hydrogen-bond acceptors (Lipinski definition) is 3. The van der Waals surface area contributed by atoms with E-state index in [0.29, 0.717) is 6.54 Å². The maximum atomic E-state index is 5.70. The Morgan fingerprint density at radius 3 is 2.71 bits per heavy atom. The largest absolute Gasteiger partial charge is 0.485 e. The predicted octanol–water partition coefficient (Wildman–Crippen LogP) is 1.30. The molecule has 0 spiro atoms. The van der Waals surface area contributed by atoms with Crippen molar-refractivity contribution in [2.45, 2.75) is 20.0 Å². The second-order valence-electron chi connectivity index (χ2n) is 3.13. The van der Waals surface area contributed by atoms with Gasteiger partial charge in [-0.15, -0.1) is 0 Å². The van der Waals surface area contributed by atoms with Gasteiger partial charge in [0.25, 0.3) is 0 Å². The van der Waals surface area contributed by atoms with Gasteiger partial charge < -0.3 is 15.8 Å². The highest BCUT2D eigenvalue weighted by molar-refractivity contribution is 5.29. The van der Waals surface area contributed by atoms with Crippen molar-refractivity contribution in [1.29, 1.82) is 0 Å². The molecule has 0 radical (unpaired) electrons. The molecule has 0 aromatic heterocycles. The van der Waals surface area contributed by atoms with Crippen molar-refractivity contribution in [2.75, 3.05) is 13.1 Å². The highest BCUT2D eigenvalue weighted by Crippen LogP contribution is 2.14. The predicted molar refractivity (Wildman–Crippen MR) is 58.6 cm³/mol. The minimum atomic E-state index is 0.0789. The molecular weight excluding hydrogens is 176 g/mol. The van der Waals surface area contributed by atoms with Crippen LogP contribution >= 0.6 is 0 Å². The maximum Gasteiger partial charge on any atom is 0.142 e. The van der Waals surface area contributed by atoms with Crippen molar-refractivity contribution in [3.05, 3.63) is 35.8 Å². The number of nitrogens with one attached hydrogen (secondary N) is 1. The van der Waals surface area contributed by atoms with Crippen molar-refractivity contribution in [1.82, 2.24) is 5.32 Å². The van der Waals surface area contributed by atoms with Crippen LogP contribution in [0.2, 0.25) is 0 Å². The van der Waals surface area contributed by atoms with Gasteiger partial charge in [-0.3, -0.25) is 0 Å². The van der Waals surface area contributed by atoms with Gasteiger partial charge >= 0.3 is 0 Å². The maximum absolute atomic E-state index is 5.70. The first-order valence-electron chi connectivity index (χ1n) is 4.92. The zero-order chi connectivity index (χ0) is 10.4. The van der Waals surface area contributed by atoms with E-state index >= 15 is 0 Å². The molecule has 78 valence electrons. The SMILES string of the molecule is C/C=C\C1=C(/C=C\C)OC(CN)CN1. The van der Waals surface area contributed by atoms with E-state index < -0.39 is 0 Å². The topological polar surface area (TPSA) is 47.3 Å². The van der Waals surface area contributed by atoms with Gasteiger partial charge in [-0.1, -0.05) is 12.2 Å². The monoisotopic (exact) mass is 194 g/mol. The number of hydrogen-bond donors (Lipinski definition) is 2. The van der Waals surface area contributed by atoms with E-state index in [9.17, 15) is 0 Å². The molecule has 0 fully saturated rings. The third-order valence-electron chi connectivity index (χ3n) is 1.99. The Morgan fingerprint density at radius 1 is 1.43 bits per heavy atom. The number of allylic oxidation sites excluding steroid dienone is 4. The summed E-state index contributed by atoms with van der Waals surface area (Å²) in [5, 5.41) is 3.29. The van der Waals surface area contributed by atoms with Gasteiger partial charge in [-0.25, -0.2) is 0 Å². The summed E-state index contributed by atoms with van der Waals surface area (Å²) in [6.07, 6.45) is 7.97. The molecule has 1 heterocycles. The molecule has 3 N–H and O–H groups in total. The zero-order valence-electron chi connectivity index (χ0n) is 8.79.